The van der Waals surface area contributed by atoms with E-state index in [1.807, 2.05) is 0 Å². The van der Waals surface area contributed by atoms with E-state index in [1.54, 1.807) is 0 Å². The number of nitrogens with zero attached hydrogens (tertiary/aromatic N) is 1. The van der Waals surface area contributed by atoms with Gasteiger partial charge < -0.3 is 5.32 Å². The Labute approximate surface area is 106 Å². The summed E-state index contributed by atoms with van der Waals surface area (Å²) in [7, 11) is 0. The molecule has 0 radical (unpaired) electrons. The summed E-state index contributed by atoms with van der Waals surface area (Å²) in [6.45, 7) is 8.77. The fourth-order valence-corrected chi connectivity index (χ4v) is 3.77. The molecule has 0 aromatic heterocycles. The summed E-state index contributed by atoms with van der Waals surface area (Å²) < 4.78 is 0. The standard InChI is InChI=1S/C15H28N2/c1-12(13-5-3-6-13)17-10-4-9-16-15(2,11-17)14-7-8-14/h12-14,16H,3-11H2,1-2H3. The predicted molar refractivity (Wildman–Crippen MR) is 72.1 cm³/mol. The maximum atomic E-state index is 3.84. The zero-order valence-corrected chi connectivity index (χ0v) is 11.5. The van der Waals surface area contributed by atoms with E-state index in [9.17, 15) is 0 Å². The molecule has 1 N–H and O–H groups in total. The van der Waals surface area contributed by atoms with Gasteiger partial charge in [0.25, 0.3) is 0 Å². The van der Waals surface area contributed by atoms with Crippen molar-refractivity contribution < 1.29 is 0 Å². The topological polar surface area (TPSA) is 15.3 Å². The fraction of sp³-hybridized carbons (Fsp3) is 1.00. The number of nitrogens with one attached hydrogen (secondary N) is 1. The van der Waals surface area contributed by atoms with Crippen LogP contribution in [0.5, 0.6) is 0 Å². The third kappa shape index (κ3) is 2.39. The fourth-order valence-electron chi connectivity index (χ4n) is 3.77. The van der Waals surface area contributed by atoms with Crippen LogP contribution in [0.1, 0.15) is 52.4 Å². The Balaban J connectivity index is 1.66. The lowest BCUT2D eigenvalue weighted by Gasteiger charge is -2.42. The second-order valence-corrected chi connectivity index (χ2v) is 6.87. The molecule has 0 spiro atoms. The minimum Gasteiger partial charge on any atom is -0.310 e. The van der Waals surface area contributed by atoms with Crippen molar-refractivity contribution in [2.45, 2.75) is 64.0 Å². The van der Waals surface area contributed by atoms with Crippen molar-refractivity contribution in [3.05, 3.63) is 0 Å². The summed E-state index contributed by atoms with van der Waals surface area (Å²) in [6.07, 6.45) is 8.67. The van der Waals surface area contributed by atoms with E-state index in [-0.39, 0.29) is 0 Å². The van der Waals surface area contributed by atoms with Crippen LogP contribution in [0.4, 0.5) is 0 Å². The van der Waals surface area contributed by atoms with Crippen LogP contribution in [0.25, 0.3) is 0 Å². The van der Waals surface area contributed by atoms with Gasteiger partial charge in [0, 0.05) is 18.1 Å². The third-order valence-electron chi connectivity index (χ3n) is 5.57. The first-order valence-corrected chi connectivity index (χ1v) is 7.68. The van der Waals surface area contributed by atoms with Crippen LogP contribution < -0.4 is 5.32 Å². The first kappa shape index (κ1) is 12.0. The van der Waals surface area contributed by atoms with Gasteiger partial charge in [-0.1, -0.05) is 6.42 Å². The predicted octanol–water partition coefficient (Wildman–Crippen LogP) is 2.64. The average Bonchev–Trinajstić information content (AvgIpc) is 3.00. The first-order chi connectivity index (χ1) is 8.19. The van der Waals surface area contributed by atoms with Gasteiger partial charge >= 0.3 is 0 Å². The molecule has 2 nitrogen and oxygen atoms in total. The van der Waals surface area contributed by atoms with Crippen molar-refractivity contribution in [1.82, 2.24) is 10.2 Å². The van der Waals surface area contributed by atoms with E-state index in [2.05, 4.69) is 24.1 Å². The highest BCUT2D eigenvalue weighted by molar-refractivity contribution is 5.02. The van der Waals surface area contributed by atoms with Crippen LogP contribution in [-0.4, -0.2) is 36.1 Å². The van der Waals surface area contributed by atoms with Gasteiger partial charge in [-0.05, 0) is 70.9 Å². The summed E-state index contributed by atoms with van der Waals surface area (Å²) in [5.74, 6) is 1.95. The monoisotopic (exact) mass is 236 g/mol. The molecule has 0 aromatic carbocycles. The number of rotatable bonds is 3. The molecule has 0 amide bonds. The largest absolute Gasteiger partial charge is 0.310 e. The van der Waals surface area contributed by atoms with Gasteiger partial charge in [0.1, 0.15) is 0 Å². The van der Waals surface area contributed by atoms with Crippen molar-refractivity contribution >= 4 is 0 Å². The van der Waals surface area contributed by atoms with Crippen LogP contribution >= 0.6 is 0 Å². The summed E-state index contributed by atoms with van der Waals surface area (Å²) >= 11 is 0. The van der Waals surface area contributed by atoms with Crippen LogP contribution in [0.15, 0.2) is 0 Å². The Kier molecular flexibility index (Phi) is 3.20. The SMILES string of the molecule is CC(C1CCC1)N1CCCNC(C)(C2CC2)C1. The Morgan fingerprint density at radius 2 is 1.94 bits per heavy atom. The molecule has 1 heterocycles. The molecule has 3 rings (SSSR count). The molecule has 98 valence electrons. The Morgan fingerprint density at radius 1 is 1.18 bits per heavy atom. The van der Waals surface area contributed by atoms with Crippen LogP contribution in [0.2, 0.25) is 0 Å². The van der Waals surface area contributed by atoms with Crippen molar-refractivity contribution in [3.63, 3.8) is 0 Å². The van der Waals surface area contributed by atoms with E-state index >= 15 is 0 Å². The van der Waals surface area contributed by atoms with E-state index in [0.29, 0.717) is 5.54 Å². The summed E-state index contributed by atoms with van der Waals surface area (Å²) in [6, 6.07) is 0.821. The smallest absolute Gasteiger partial charge is 0.0308 e. The third-order valence-corrected chi connectivity index (χ3v) is 5.57. The Morgan fingerprint density at radius 3 is 2.53 bits per heavy atom. The van der Waals surface area contributed by atoms with Gasteiger partial charge in [0.05, 0.1) is 0 Å². The molecule has 1 saturated heterocycles. The zero-order chi connectivity index (χ0) is 11.9. The molecular weight excluding hydrogens is 208 g/mol. The molecule has 1 aliphatic heterocycles. The second kappa shape index (κ2) is 4.55. The van der Waals surface area contributed by atoms with Crippen LogP contribution in [0, 0.1) is 11.8 Å². The highest BCUT2D eigenvalue weighted by Gasteiger charge is 2.44. The van der Waals surface area contributed by atoms with Gasteiger partial charge in [-0.25, -0.2) is 0 Å². The maximum Gasteiger partial charge on any atom is 0.0308 e. The minimum absolute atomic E-state index is 0.411. The lowest BCUT2D eigenvalue weighted by molar-refractivity contribution is 0.0867. The van der Waals surface area contributed by atoms with E-state index in [1.165, 1.54) is 58.2 Å². The van der Waals surface area contributed by atoms with Gasteiger partial charge in [-0.15, -0.1) is 0 Å². The van der Waals surface area contributed by atoms with Gasteiger partial charge in [0.2, 0.25) is 0 Å². The van der Waals surface area contributed by atoms with E-state index < -0.39 is 0 Å². The highest BCUT2D eigenvalue weighted by atomic mass is 15.2. The van der Waals surface area contributed by atoms with Crippen molar-refractivity contribution in [2.24, 2.45) is 11.8 Å². The molecule has 0 bridgehead atoms. The molecule has 2 heteroatoms. The highest BCUT2D eigenvalue weighted by Crippen LogP contribution is 2.41. The number of hydrogen-bond acceptors (Lipinski definition) is 2. The van der Waals surface area contributed by atoms with Crippen molar-refractivity contribution in [2.75, 3.05) is 19.6 Å². The first-order valence-electron chi connectivity index (χ1n) is 7.68. The quantitative estimate of drug-likeness (QED) is 0.810. The molecule has 2 aliphatic carbocycles. The molecule has 3 aliphatic rings. The lowest BCUT2D eigenvalue weighted by Crippen LogP contribution is -2.54. The van der Waals surface area contributed by atoms with Gasteiger partial charge in [-0.3, -0.25) is 4.90 Å². The summed E-state index contributed by atoms with van der Waals surface area (Å²) in [5.41, 5.74) is 0.411. The summed E-state index contributed by atoms with van der Waals surface area (Å²) in [5, 5.41) is 3.84. The Bertz CT molecular complexity index is 270. The summed E-state index contributed by atoms with van der Waals surface area (Å²) in [4.78, 5) is 2.79. The molecule has 2 atom stereocenters. The van der Waals surface area contributed by atoms with Crippen molar-refractivity contribution in [1.29, 1.82) is 0 Å². The maximum absolute atomic E-state index is 3.84. The molecular formula is C15H28N2. The number of hydrogen-bond donors (Lipinski definition) is 1. The minimum atomic E-state index is 0.411. The van der Waals surface area contributed by atoms with Crippen molar-refractivity contribution in [3.8, 4) is 0 Å². The van der Waals surface area contributed by atoms with Gasteiger partial charge in [-0.2, -0.15) is 0 Å². The zero-order valence-electron chi connectivity index (χ0n) is 11.5. The normalized spacial score (nSPS) is 38.5. The second-order valence-electron chi connectivity index (χ2n) is 6.87. The molecule has 3 fully saturated rings. The van der Waals surface area contributed by atoms with E-state index in [4.69, 9.17) is 0 Å². The van der Waals surface area contributed by atoms with Gasteiger partial charge in [0.15, 0.2) is 0 Å². The average molecular weight is 236 g/mol. The lowest BCUT2D eigenvalue weighted by atomic mass is 9.79. The van der Waals surface area contributed by atoms with E-state index in [0.717, 1.165) is 17.9 Å². The molecule has 17 heavy (non-hydrogen) atoms. The van der Waals surface area contributed by atoms with Crippen LogP contribution in [0.3, 0.4) is 0 Å². The molecule has 2 saturated carbocycles. The van der Waals surface area contributed by atoms with Crippen LogP contribution in [-0.2, 0) is 0 Å². The molecule has 2 unspecified atom stereocenters. The Hall–Kier alpha value is -0.0800. The molecule has 0 aromatic rings.